The highest BCUT2D eigenvalue weighted by Gasteiger charge is 2.41. The number of aliphatic hydroxyl groups excluding tert-OH is 1. The van der Waals surface area contributed by atoms with Crippen LogP contribution in [0.1, 0.15) is 42.2 Å². The summed E-state index contributed by atoms with van der Waals surface area (Å²) in [5, 5.41) is 27.2. The second-order valence-corrected chi connectivity index (χ2v) is 10.1. The number of rotatable bonds is 8. The Hall–Kier alpha value is -4.31. The van der Waals surface area contributed by atoms with Crippen molar-refractivity contribution in [3.05, 3.63) is 65.6 Å². The zero-order valence-electron chi connectivity index (χ0n) is 22.2. The molecular formula is C27H24F6N6O4. The molecule has 0 radical (unpaired) electrons. The van der Waals surface area contributed by atoms with E-state index in [0.29, 0.717) is 41.2 Å². The lowest BCUT2D eigenvalue weighted by atomic mass is 9.94. The molecular weight excluding hydrogens is 586 g/mol. The van der Waals surface area contributed by atoms with Crippen LogP contribution in [0.3, 0.4) is 0 Å². The van der Waals surface area contributed by atoms with Crippen molar-refractivity contribution < 1.29 is 45.9 Å². The van der Waals surface area contributed by atoms with Gasteiger partial charge in [0.2, 0.25) is 5.82 Å². The molecule has 16 heteroatoms. The molecule has 4 heterocycles. The van der Waals surface area contributed by atoms with Gasteiger partial charge in [-0.25, -0.2) is 9.67 Å². The first-order chi connectivity index (χ1) is 20.3. The van der Waals surface area contributed by atoms with Gasteiger partial charge in [-0.3, -0.25) is 4.79 Å². The maximum atomic E-state index is 14.1. The molecule has 0 saturated carbocycles. The Morgan fingerprint density at radius 2 is 1.79 bits per heavy atom. The highest BCUT2D eigenvalue weighted by atomic mass is 19.4. The monoisotopic (exact) mass is 610 g/mol. The minimum absolute atomic E-state index is 0.0180. The van der Waals surface area contributed by atoms with E-state index in [1.54, 1.807) is 24.3 Å². The molecule has 1 aromatic carbocycles. The van der Waals surface area contributed by atoms with Crippen LogP contribution in [0.4, 0.5) is 26.3 Å². The van der Waals surface area contributed by atoms with E-state index in [1.165, 1.54) is 0 Å². The van der Waals surface area contributed by atoms with Crippen molar-refractivity contribution in [1.29, 1.82) is 0 Å². The fraction of sp³-hybridized carbons (Fsp3) is 0.370. The number of aliphatic carboxylic acids is 1. The first-order valence-corrected chi connectivity index (χ1v) is 13.0. The van der Waals surface area contributed by atoms with Gasteiger partial charge < -0.3 is 19.6 Å². The summed E-state index contributed by atoms with van der Waals surface area (Å²) in [6, 6.07) is 7.73. The first kappa shape index (κ1) is 30.2. The van der Waals surface area contributed by atoms with Gasteiger partial charge in [-0.05, 0) is 43.0 Å². The summed E-state index contributed by atoms with van der Waals surface area (Å²) >= 11 is 0. The summed E-state index contributed by atoms with van der Waals surface area (Å²) in [6.45, 7) is 1.61. The quantitative estimate of drug-likeness (QED) is 0.257. The fourth-order valence-corrected chi connectivity index (χ4v) is 5.02. The molecule has 3 aromatic heterocycles. The molecule has 228 valence electrons. The van der Waals surface area contributed by atoms with Crippen LogP contribution in [0, 0.1) is 5.92 Å². The van der Waals surface area contributed by atoms with Crippen molar-refractivity contribution in [3.8, 4) is 28.7 Å². The predicted molar refractivity (Wildman–Crippen MR) is 136 cm³/mol. The van der Waals surface area contributed by atoms with E-state index in [1.807, 2.05) is 4.90 Å². The molecule has 5 rings (SSSR count). The Balaban J connectivity index is 1.33. The third-order valence-corrected chi connectivity index (χ3v) is 7.04. The Labute approximate surface area is 239 Å². The van der Waals surface area contributed by atoms with Crippen LogP contribution in [0.25, 0.3) is 28.7 Å². The Bertz CT molecular complexity index is 1570. The van der Waals surface area contributed by atoms with Crippen LogP contribution in [0.2, 0.25) is 0 Å². The average molecular weight is 611 g/mol. The van der Waals surface area contributed by atoms with Crippen molar-refractivity contribution in [2.75, 3.05) is 19.6 Å². The van der Waals surface area contributed by atoms with Crippen molar-refractivity contribution >= 4 is 5.97 Å². The molecule has 0 spiro atoms. The number of likely N-dealkylation sites (tertiary alicyclic amines) is 1. The minimum atomic E-state index is -5.01. The van der Waals surface area contributed by atoms with E-state index in [9.17, 15) is 36.2 Å². The maximum absolute atomic E-state index is 14.1. The van der Waals surface area contributed by atoms with Gasteiger partial charge in [0, 0.05) is 31.3 Å². The Morgan fingerprint density at radius 3 is 2.42 bits per heavy atom. The summed E-state index contributed by atoms with van der Waals surface area (Å²) in [5.41, 5.74) is -2.14. The number of aliphatic hydroxyl groups is 1. The lowest BCUT2D eigenvalue weighted by Crippen LogP contribution is -2.38. The van der Waals surface area contributed by atoms with Crippen molar-refractivity contribution in [3.63, 3.8) is 0 Å². The van der Waals surface area contributed by atoms with Gasteiger partial charge in [-0.1, -0.05) is 29.4 Å². The molecule has 0 amide bonds. The number of pyridine rings is 1. The lowest BCUT2D eigenvalue weighted by molar-refractivity contribution is -0.142. The van der Waals surface area contributed by atoms with E-state index in [2.05, 4.69) is 20.2 Å². The predicted octanol–water partition coefficient (Wildman–Crippen LogP) is 5.24. The summed E-state index contributed by atoms with van der Waals surface area (Å²) < 4.78 is 86.2. The highest BCUT2D eigenvalue weighted by molar-refractivity contribution is 5.67. The average Bonchev–Trinajstić information content (AvgIpc) is 3.61. The van der Waals surface area contributed by atoms with E-state index in [0.717, 1.165) is 31.6 Å². The smallest absolute Gasteiger partial charge is 0.434 e. The number of β-amino-alcohol motifs (C(OH)–C–C–N with tert-alkyl or cyclic N) is 1. The van der Waals surface area contributed by atoms with E-state index in [4.69, 9.17) is 9.63 Å². The van der Waals surface area contributed by atoms with Crippen LogP contribution < -0.4 is 0 Å². The number of hydrogen-bond donors (Lipinski definition) is 2. The molecule has 1 fully saturated rings. The number of nitrogens with zero attached hydrogens (tertiary/aromatic N) is 6. The normalized spacial score (nSPS) is 17.2. The minimum Gasteiger partial charge on any atom is -0.481 e. The van der Waals surface area contributed by atoms with Crippen molar-refractivity contribution in [2.45, 2.75) is 37.7 Å². The number of alkyl halides is 6. The molecule has 0 aliphatic carbocycles. The second kappa shape index (κ2) is 11.8. The second-order valence-electron chi connectivity index (χ2n) is 10.1. The number of carbonyl (C=O) groups is 1. The number of piperidine rings is 1. The highest BCUT2D eigenvalue weighted by Crippen LogP contribution is 2.38. The standard InChI is InChI=1S/C27H24F6N6O4/c28-26(29,30)18-7-8-21(34-11-18)39-23(27(31,32)33)19(12-35-39)25-36-24(37-43-25)17-5-3-16(4-6-17)20(40)14-38-9-1-2-15(13-38)10-22(41)42/h3-8,11-12,15,20,40H,1-2,9-10,13-14H2,(H,41,42)/t15-,20+/m1/s1. The molecule has 0 bridgehead atoms. The topological polar surface area (TPSA) is 130 Å². The molecule has 4 aromatic rings. The number of aromatic nitrogens is 5. The summed E-state index contributed by atoms with van der Waals surface area (Å²) in [5.74, 6) is -1.90. The van der Waals surface area contributed by atoms with Crippen molar-refractivity contribution in [1.82, 2.24) is 29.8 Å². The molecule has 0 unspecified atom stereocenters. The maximum Gasteiger partial charge on any atom is 0.434 e. The Morgan fingerprint density at radius 1 is 1.05 bits per heavy atom. The molecule has 1 aliphatic heterocycles. The molecule has 1 aliphatic rings. The van der Waals surface area contributed by atoms with E-state index in [-0.39, 0.29) is 18.2 Å². The number of hydrogen-bond acceptors (Lipinski definition) is 8. The fourth-order valence-electron chi connectivity index (χ4n) is 5.02. The van der Waals surface area contributed by atoms with E-state index >= 15 is 0 Å². The van der Waals surface area contributed by atoms with Crippen molar-refractivity contribution in [2.24, 2.45) is 5.92 Å². The van der Waals surface area contributed by atoms with Crippen LogP contribution in [0.5, 0.6) is 0 Å². The van der Waals surface area contributed by atoms with Gasteiger partial charge in [-0.15, -0.1) is 0 Å². The number of benzene rings is 1. The third kappa shape index (κ3) is 6.85. The molecule has 2 atom stereocenters. The van der Waals surface area contributed by atoms with Crippen LogP contribution >= 0.6 is 0 Å². The zero-order valence-corrected chi connectivity index (χ0v) is 22.2. The third-order valence-electron chi connectivity index (χ3n) is 7.04. The molecule has 43 heavy (non-hydrogen) atoms. The largest absolute Gasteiger partial charge is 0.481 e. The van der Waals surface area contributed by atoms with Gasteiger partial charge in [0.15, 0.2) is 11.5 Å². The molecule has 1 saturated heterocycles. The molecule has 2 N–H and O–H groups in total. The number of halogens is 6. The Kier molecular flexibility index (Phi) is 8.25. The summed E-state index contributed by atoms with van der Waals surface area (Å²) in [6.07, 6.45) is -7.65. The summed E-state index contributed by atoms with van der Waals surface area (Å²) in [4.78, 5) is 20.6. The zero-order chi connectivity index (χ0) is 30.9. The van der Waals surface area contributed by atoms with Gasteiger partial charge >= 0.3 is 18.3 Å². The van der Waals surface area contributed by atoms with Crippen LogP contribution in [-0.2, 0) is 17.1 Å². The van der Waals surface area contributed by atoms with Crippen LogP contribution in [0.15, 0.2) is 53.3 Å². The van der Waals surface area contributed by atoms with Gasteiger partial charge in [0.25, 0.3) is 5.89 Å². The van der Waals surface area contributed by atoms with Gasteiger partial charge in [-0.2, -0.15) is 36.4 Å². The van der Waals surface area contributed by atoms with E-state index < -0.39 is 53.0 Å². The number of carboxylic acid groups (broad SMARTS) is 1. The first-order valence-electron chi connectivity index (χ1n) is 13.0. The van der Waals surface area contributed by atoms with Crippen LogP contribution in [-0.4, -0.2) is 65.6 Å². The SMILES string of the molecule is O=C(O)C[C@H]1CCCN(C[C@H](O)c2ccc(-c3noc(-c4cnn(-c5ccc(C(F)(F)F)cn5)c4C(F)(F)F)n3)cc2)C1. The number of carboxylic acids is 1. The van der Waals surface area contributed by atoms with Gasteiger partial charge in [0.1, 0.15) is 0 Å². The summed E-state index contributed by atoms with van der Waals surface area (Å²) in [7, 11) is 0. The lowest BCUT2D eigenvalue weighted by Gasteiger charge is -2.33. The molecule has 10 nitrogen and oxygen atoms in total. The van der Waals surface area contributed by atoms with Gasteiger partial charge in [0.05, 0.1) is 23.4 Å².